The third-order valence-corrected chi connectivity index (χ3v) is 4.86. The first-order valence-corrected chi connectivity index (χ1v) is 9.00. The molecule has 2 atom stereocenters. The number of para-hydroxylation sites is 1. The zero-order valence-electron chi connectivity index (χ0n) is 14.1. The number of nitrogens with two attached hydrogens (primary N) is 1. The lowest BCUT2D eigenvalue weighted by atomic mass is 10.0. The molecule has 1 fully saturated rings. The molecule has 130 valence electrons. The third-order valence-electron chi connectivity index (χ3n) is 4.61. The second-order valence-electron chi connectivity index (χ2n) is 6.43. The summed E-state index contributed by atoms with van der Waals surface area (Å²) in [5, 5.41) is 2.77. The van der Waals surface area contributed by atoms with E-state index in [9.17, 15) is 4.79 Å². The van der Waals surface area contributed by atoms with Crippen LogP contribution < -0.4 is 10.1 Å². The number of halogens is 1. The molecule has 1 heterocycles. The van der Waals surface area contributed by atoms with Gasteiger partial charge in [0.2, 0.25) is 11.8 Å². The molecule has 3 aromatic rings. The Labute approximate surface area is 157 Å². The summed E-state index contributed by atoms with van der Waals surface area (Å²) in [6, 6.07) is 25.2. The van der Waals surface area contributed by atoms with Crippen molar-refractivity contribution in [1.82, 2.24) is 0 Å². The molecule has 26 heavy (non-hydrogen) atoms. The van der Waals surface area contributed by atoms with E-state index in [2.05, 4.69) is 5.32 Å². The summed E-state index contributed by atoms with van der Waals surface area (Å²) in [4.78, 5) is 13.0. The minimum absolute atomic E-state index is 0.0994. The molecule has 3 aromatic carbocycles. The molecule has 0 aromatic heterocycles. The lowest BCUT2D eigenvalue weighted by molar-refractivity contribution is -0.511. The topological polar surface area (TPSA) is 42.9 Å². The highest BCUT2D eigenvalue weighted by Gasteiger charge is 2.51. The molecule has 1 saturated heterocycles. The van der Waals surface area contributed by atoms with Crippen molar-refractivity contribution < 1.29 is 14.8 Å². The van der Waals surface area contributed by atoms with Gasteiger partial charge >= 0.3 is 0 Å². The number of Topliss-reactive ketones (excluding diaryl/α,β-unsaturated/α-hetero) is 1. The number of hydrogen-bond donors (Lipinski definition) is 1. The average molecular weight is 365 g/mol. The van der Waals surface area contributed by atoms with E-state index in [1.54, 1.807) is 0 Å². The Morgan fingerprint density at radius 1 is 0.923 bits per heavy atom. The fraction of sp³-hybridized carbons (Fsp3) is 0.136. The van der Waals surface area contributed by atoms with Crippen molar-refractivity contribution in [2.24, 2.45) is 0 Å². The summed E-state index contributed by atoms with van der Waals surface area (Å²) in [5.74, 6) is 0.741. The lowest BCUT2D eigenvalue weighted by Gasteiger charge is -2.09. The van der Waals surface area contributed by atoms with Crippen LogP contribution in [0.15, 0.2) is 78.9 Å². The Bertz CT molecular complexity index is 909. The Morgan fingerprint density at radius 3 is 2.38 bits per heavy atom. The normalized spacial score (nSPS) is 18.3. The quantitative estimate of drug-likeness (QED) is 0.534. The summed E-state index contributed by atoms with van der Waals surface area (Å²) in [7, 11) is 0. The van der Waals surface area contributed by atoms with Crippen molar-refractivity contribution >= 4 is 17.4 Å². The number of ketones is 1. The van der Waals surface area contributed by atoms with Crippen LogP contribution in [0, 0.1) is 0 Å². The molecular weight excluding hydrogens is 346 g/mol. The smallest absolute Gasteiger partial charge is 0.230 e. The maximum atomic E-state index is 13.0. The van der Waals surface area contributed by atoms with E-state index in [4.69, 9.17) is 16.3 Å². The number of ether oxygens (including phenoxy) is 1. The standard InChI is InChI=1S/C22H18ClNO2/c23-17-12-10-16(11-13-17)20-21(24-20)22(25)18-8-4-5-9-19(18)26-14-15-6-2-1-3-7-15/h1-13,20-21,24H,14H2/p+1/t20-,21-/m1/s1. The lowest BCUT2D eigenvalue weighted by Crippen LogP contribution is -2.62. The summed E-state index contributed by atoms with van der Waals surface area (Å²) < 4.78 is 5.93. The summed E-state index contributed by atoms with van der Waals surface area (Å²) in [6.07, 6.45) is 0. The predicted octanol–water partition coefficient (Wildman–Crippen LogP) is 3.79. The van der Waals surface area contributed by atoms with Crippen LogP contribution in [0.5, 0.6) is 5.75 Å². The summed E-state index contributed by atoms with van der Waals surface area (Å²) >= 11 is 5.94. The van der Waals surface area contributed by atoms with Gasteiger partial charge in [-0.1, -0.05) is 66.2 Å². The molecule has 0 radical (unpaired) electrons. The molecule has 2 N–H and O–H groups in total. The second-order valence-corrected chi connectivity index (χ2v) is 6.87. The van der Waals surface area contributed by atoms with Crippen molar-refractivity contribution in [3.8, 4) is 5.75 Å². The summed E-state index contributed by atoms with van der Waals surface area (Å²) in [6.45, 7) is 0.445. The van der Waals surface area contributed by atoms with Crippen molar-refractivity contribution in [2.45, 2.75) is 18.7 Å². The van der Waals surface area contributed by atoms with Crippen molar-refractivity contribution in [3.05, 3.63) is 101 Å². The number of carbonyl (C=O) groups is 1. The van der Waals surface area contributed by atoms with Gasteiger partial charge in [-0.25, -0.2) is 0 Å². The molecule has 0 saturated carbocycles. The zero-order chi connectivity index (χ0) is 17.9. The van der Waals surface area contributed by atoms with Crippen molar-refractivity contribution in [3.63, 3.8) is 0 Å². The molecule has 4 rings (SSSR count). The van der Waals surface area contributed by atoms with Gasteiger partial charge in [-0.15, -0.1) is 0 Å². The minimum atomic E-state index is -0.0994. The highest BCUT2D eigenvalue weighted by atomic mass is 35.5. The van der Waals surface area contributed by atoms with E-state index in [1.807, 2.05) is 78.9 Å². The monoisotopic (exact) mass is 364 g/mol. The Morgan fingerprint density at radius 2 is 1.62 bits per heavy atom. The number of hydrogen-bond acceptors (Lipinski definition) is 2. The highest BCUT2D eigenvalue weighted by Crippen LogP contribution is 2.28. The van der Waals surface area contributed by atoms with Crippen molar-refractivity contribution in [2.75, 3.05) is 0 Å². The van der Waals surface area contributed by atoms with Gasteiger partial charge in [0.25, 0.3) is 0 Å². The number of benzene rings is 3. The van der Waals surface area contributed by atoms with Gasteiger partial charge in [0.05, 0.1) is 5.56 Å². The molecule has 0 spiro atoms. The minimum Gasteiger partial charge on any atom is -0.488 e. The largest absolute Gasteiger partial charge is 0.488 e. The molecule has 1 aliphatic rings. The maximum absolute atomic E-state index is 13.0. The van der Waals surface area contributed by atoms with Gasteiger partial charge in [-0.3, -0.25) is 4.79 Å². The van der Waals surface area contributed by atoms with Gasteiger partial charge in [0, 0.05) is 10.6 Å². The first-order valence-electron chi connectivity index (χ1n) is 8.63. The zero-order valence-corrected chi connectivity index (χ0v) is 14.9. The van der Waals surface area contributed by atoms with E-state index in [0.717, 1.165) is 11.1 Å². The fourth-order valence-electron chi connectivity index (χ4n) is 3.12. The molecule has 1 aliphatic heterocycles. The van der Waals surface area contributed by atoms with Crippen LogP contribution in [0.2, 0.25) is 5.02 Å². The molecule has 0 aliphatic carbocycles. The van der Waals surface area contributed by atoms with Gasteiger partial charge in [-0.2, -0.15) is 0 Å². The van der Waals surface area contributed by atoms with E-state index in [1.165, 1.54) is 0 Å². The van der Waals surface area contributed by atoms with Gasteiger partial charge in [0.15, 0.2) is 6.04 Å². The van der Waals surface area contributed by atoms with Crippen LogP contribution in [-0.4, -0.2) is 11.8 Å². The highest BCUT2D eigenvalue weighted by molar-refractivity contribution is 6.30. The SMILES string of the molecule is O=C(c1ccccc1OCc1ccccc1)[C@@H]1[NH2+][C@@H]1c1ccc(Cl)cc1. The van der Waals surface area contributed by atoms with Crippen LogP contribution >= 0.6 is 11.6 Å². The van der Waals surface area contributed by atoms with Crippen LogP contribution in [0.1, 0.15) is 27.5 Å². The Kier molecular flexibility index (Phi) is 4.74. The first kappa shape index (κ1) is 16.8. The van der Waals surface area contributed by atoms with E-state index >= 15 is 0 Å². The number of rotatable bonds is 6. The van der Waals surface area contributed by atoms with E-state index < -0.39 is 0 Å². The van der Waals surface area contributed by atoms with Gasteiger partial charge in [0.1, 0.15) is 12.4 Å². The third kappa shape index (κ3) is 3.64. The van der Waals surface area contributed by atoms with Gasteiger partial charge < -0.3 is 10.1 Å². The molecular formula is C22H19ClNO2+. The Hall–Kier alpha value is -2.62. The molecule has 0 unspecified atom stereocenters. The second kappa shape index (κ2) is 7.32. The van der Waals surface area contributed by atoms with Crippen LogP contribution in [0.25, 0.3) is 0 Å². The first-order chi connectivity index (χ1) is 12.7. The molecule has 4 heteroatoms. The van der Waals surface area contributed by atoms with E-state index in [0.29, 0.717) is 22.9 Å². The fourth-order valence-corrected chi connectivity index (χ4v) is 3.25. The van der Waals surface area contributed by atoms with Crippen LogP contribution in [0.3, 0.4) is 0 Å². The maximum Gasteiger partial charge on any atom is 0.230 e. The van der Waals surface area contributed by atoms with Crippen LogP contribution in [0.4, 0.5) is 0 Å². The predicted molar refractivity (Wildman–Crippen MR) is 101 cm³/mol. The Balaban J connectivity index is 1.48. The molecule has 0 bridgehead atoms. The van der Waals surface area contributed by atoms with E-state index in [-0.39, 0.29) is 17.9 Å². The molecule has 3 nitrogen and oxygen atoms in total. The summed E-state index contributed by atoms with van der Waals surface area (Å²) in [5.41, 5.74) is 2.84. The average Bonchev–Trinajstić information content (AvgIpc) is 3.48. The van der Waals surface area contributed by atoms with Crippen LogP contribution in [-0.2, 0) is 6.61 Å². The number of carbonyl (C=O) groups excluding carboxylic acids is 1. The van der Waals surface area contributed by atoms with Crippen molar-refractivity contribution in [1.29, 1.82) is 0 Å². The molecule has 0 amide bonds. The van der Waals surface area contributed by atoms with Gasteiger partial charge in [-0.05, 0) is 29.8 Å². The number of quaternary nitrogens is 1.